The van der Waals surface area contributed by atoms with Crippen LogP contribution in [0.15, 0.2) is 101 Å². The van der Waals surface area contributed by atoms with Gasteiger partial charge in [-0.25, -0.2) is 9.37 Å². The van der Waals surface area contributed by atoms with Crippen molar-refractivity contribution in [2.75, 3.05) is 5.32 Å². The van der Waals surface area contributed by atoms with Gasteiger partial charge in [0.05, 0.1) is 0 Å². The molecule has 0 saturated heterocycles. The summed E-state index contributed by atoms with van der Waals surface area (Å²) in [5.41, 5.74) is 3.91. The van der Waals surface area contributed by atoms with Crippen molar-refractivity contribution >= 4 is 40.0 Å². The van der Waals surface area contributed by atoms with Crippen molar-refractivity contribution in [2.45, 2.75) is 6.61 Å². The van der Waals surface area contributed by atoms with E-state index >= 15 is 0 Å². The number of anilines is 1. The van der Waals surface area contributed by atoms with Crippen molar-refractivity contribution < 1.29 is 18.3 Å². The number of nitrogens with zero attached hydrogens (tertiary/aromatic N) is 1. The molecule has 0 aliphatic rings. The summed E-state index contributed by atoms with van der Waals surface area (Å²) in [6.45, 7) is 0.402. The van der Waals surface area contributed by atoms with Gasteiger partial charge in [0.2, 0.25) is 5.89 Å². The van der Waals surface area contributed by atoms with Gasteiger partial charge in [0.15, 0.2) is 10.7 Å². The Morgan fingerprint density at radius 3 is 2.56 bits per heavy atom. The molecular formula is C28H20FN3O3S. The number of amides is 1. The van der Waals surface area contributed by atoms with Crippen molar-refractivity contribution in [1.82, 2.24) is 10.3 Å². The Morgan fingerprint density at radius 1 is 0.944 bits per heavy atom. The van der Waals surface area contributed by atoms with Crippen molar-refractivity contribution in [3.63, 3.8) is 0 Å². The molecule has 6 nitrogen and oxygen atoms in total. The summed E-state index contributed by atoms with van der Waals surface area (Å²) in [5, 5.41) is 5.80. The summed E-state index contributed by atoms with van der Waals surface area (Å²) in [4.78, 5) is 17.2. The van der Waals surface area contributed by atoms with E-state index in [1.165, 1.54) is 12.1 Å². The van der Waals surface area contributed by atoms with Gasteiger partial charge in [-0.05, 0) is 78.4 Å². The number of ether oxygens (including phenoxy) is 1. The van der Waals surface area contributed by atoms with E-state index < -0.39 is 0 Å². The van der Waals surface area contributed by atoms with Crippen LogP contribution in [0.4, 0.5) is 10.1 Å². The van der Waals surface area contributed by atoms with Gasteiger partial charge in [-0.3, -0.25) is 10.1 Å². The Morgan fingerprint density at radius 2 is 1.75 bits per heavy atom. The molecule has 0 saturated carbocycles. The minimum atomic E-state index is -0.362. The van der Waals surface area contributed by atoms with Crippen molar-refractivity contribution in [3.05, 3.63) is 114 Å². The monoisotopic (exact) mass is 497 g/mol. The fourth-order valence-corrected chi connectivity index (χ4v) is 3.74. The molecule has 0 aliphatic carbocycles. The van der Waals surface area contributed by atoms with Crippen LogP contribution in [-0.4, -0.2) is 16.0 Å². The number of halogens is 1. The Balaban J connectivity index is 1.22. The Labute approximate surface area is 211 Å². The third-order valence-corrected chi connectivity index (χ3v) is 5.51. The highest BCUT2D eigenvalue weighted by atomic mass is 32.1. The van der Waals surface area contributed by atoms with Crippen LogP contribution in [0.25, 0.3) is 22.6 Å². The molecule has 8 heteroatoms. The lowest BCUT2D eigenvalue weighted by molar-refractivity contribution is 0.0977. The molecule has 1 amide bonds. The molecule has 1 aromatic heterocycles. The number of nitrogens with one attached hydrogen (secondary N) is 2. The molecular weight excluding hydrogens is 477 g/mol. The summed E-state index contributed by atoms with van der Waals surface area (Å²) >= 11 is 5.32. The number of thiocarbonyl (C=S) groups is 1. The molecule has 0 spiro atoms. The number of hydrogen-bond acceptors (Lipinski definition) is 5. The first kappa shape index (κ1) is 23.2. The zero-order chi connectivity index (χ0) is 24.9. The van der Waals surface area contributed by atoms with E-state index in [4.69, 9.17) is 21.4 Å². The van der Waals surface area contributed by atoms with Gasteiger partial charge in [0.1, 0.15) is 23.7 Å². The molecule has 0 bridgehead atoms. The van der Waals surface area contributed by atoms with E-state index in [-0.39, 0.29) is 16.8 Å². The summed E-state index contributed by atoms with van der Waals surface area (Å²) in [6, 6.07) is 27.8. The van der Waals surface area contributed by atoms with Crippen LogP contribution in [0.1, 0.15) is 15.9 Å². The molecule has 0 aliphatic heterocycles. The topological polar surface area (TPSA) is 76.4 Å². The number of carbonyl (C=O) groups excluding carboxylic acids is 1. The van der Waals surface area contributed by atoms with Crippen LogP contribution >= 0.6 is 12.2 Å². The standard InChI is InChI=1S/C28H20FN3O3S/c29-21-11-9-19(10-12-21)27-31-24-16-22(13-14-25(24)35-27)30-28(36)32-26(33)20-7-4-8-23(15-20)34-17-18-5-2-1-3-6-18/h1-16H,17H2,(H2,30,32,33,36). The number of carbonyl (C=O) groups is 1. The smallest absolute Gasteiger partial charge is 0.257 e. The van der Waals surface area contributed by atoms with Crippen LogP contribution in [0.2, 0.25) is 0 Å². The van der Waals surface area contributed by atoms with E-state index in [9.17, 15) is 9.18 Å². The molecule has 36 heavy (non-hydrogen) atoms. The number of fused-ring (bicyclic) bond motifs is 1. The third kappa shape index (κ3) is 5.56. The zero-order valence-electron chi connectivity index (χ0n) is 18.9. The van der Waals surface area contributed by atoms with Crippen molar-refractivity contribution in [3.8, 4) is 17.2 Å². The van der Waals surface area contributed by atoms with Crippen LogP contribution in [0, 0.1) is 5.82 Å². The molecule has 0 unspecified atom stereocenters. The Bertz CT molecular complexity index is 1540. The fraction of sp³-hybridized carbons (Fsp3) is 0.0357. The fourth-order valence-electron chi connectivity index (χ4n) is 3.53. The predicted octanol–water partition coefficient (Wildman–Crippen LogP) is 6.34. The van der Waals surface area contributed by atoms with E-state index in [1.807, 2.05) is 30.3 Å². The number of aromatic nitrogens is 1. The van der Waals surface area contributed by atoms with Crippen LogP contribution in [0.5, 0.6) is 5.75 Å². The predicted molar refractivity (Wildman–Crippen MR) is 140 cm³/mol. The van der Waals surface area contributed by atoms with Crippen LogP contribution in [0.3, 0.4) is 0 Å². The van der Waals surface area contributed by atoms with Gasteiger partial charge in [-0.15, -0.1) is 0 Å². The molecule has 4 aromatic carbocycles. The summed E-state index contributed by atoms with van der Waals surface area (Å²) < 4.78 is 24.8. The lowest BCUT2D eigenvalue weighted by Gasteiger charge is -2.11. The normalized spacial score (nSPS) is 10.7. The van der Waals surface area contributed by atoms with Gasteiger partial charge < -0.3 is 14.5 Å². The second-order valence-electron chi connectivity index (χ2n) is 7.92. The Kier molecular flexibility index (Phi) is 6.68. The van der Waals surface area contributed by atoms with Crippen LogP contribution in [-0.2, 0) is 6.61 Å². The minimum absolute atomic E-state index is 0.136. The van der Waals surface area contributed by atoms with Gasteiger partial charge in [-0.2, -0.15) is 0 Å². The number of rotatable bonds is 6. The van der Waals surface area contributed by atoms with E-state index in [0.29, 0.717) is 46.2 Å². The van der Waals surface area contributed by atoms with Gasteiger partial charge in [0.25, 0.3) is 5.91 Å². The largest absolute Gasteiger partial charge is 0.489 e. The minimum Gasteiger partial charge on any atom is -0.489 e. The highest BCUT2D eigenvalue weighted by Crippen LogP contribution is 2.26. The third-order valence-electron chi connectivity index (χ3n) is 5.31. The highest BCUT2D eigenvalue weighted by molar-refractivity contribution is 7.80. The lowest BCUT2D eigenvalue weighted by atomic mass is 10.2. The number of benzene rings is 4. The van der Waals surface area contributed by atoms with Gasteiger partial charge in [0, 0.05) is 16.8 Å². The quantitative estimate of drug-likeness (QED) is 0.267. The zero-order valence-corrected chi connectivity index (χ0v) is 19.7. The maximum absolute atomic E-state index is 13.2. The second-order valence-corrected chi connectivity index (χ2v) is 8.33. The second kappa shape index (κ2) is 10.4. The van der Waals surface area contributed by atoms with E-state index in [1.54, 1.807) is 54.6 Å². The first-order valence-corrected chi connectivity index (χ1v) is 11.5. The maximum Gasteiger partial charge on any atom is 0.257 e. The summed E-state index contributed by atoms with van der Waals surface area (Å²) in [7, 11) is 0. The average Bonchev–Trinajstić information content (AvgIpc) is 3.32. The first-order chi connectivity index (χ1) is 17.5. The molecule has 0 atom stereocenters. The Hall–Kier alpha value is -4.56. The van der Waals surface area contributed by atoms with E-state index in [0.717, 1.165) is 5.56 Å². The number of oxazole rings is 1. The molecule has 5 rings (SSSR count). The SMILES string of the molecule is O=C(NC(=S)Nc1ccc2oc(-c3ccc(F)cc3)nc2c1)c1cccc(OCc2ccccc2)c1. The van der Waals surface area contributed by atoms with E-state index in [2.05, 4.69) is 15.6 Å². The number of hydrogen-bond donors (Lipinski definition) is 2. The van der Waals surface area contributed by atoms with Crippen molar-refractivity contribution in [1.29, 1.82) is 0 Å². The average molecular weight is 498 g/mol. The molecule has 0 fully saturated rings. The molecule has 0 radical (unpaired) electrons. The summed E-state index contributed by atoms with van der Waals surface area (Å²) in [6.07, 6.45) is 0. The first-order valence-electron chi connectivity index (χ1n) is 11.1. The molecule has 2 N–H and O–H groups in total. The highest BCUT2D eigenvalue weighted by Gasteiger charge is 2.12. The van der Waals surface area contributed by atoms with Gasteiger partial charge in [-0.1, -0.05) is 36.4 Å². The molecule has 1 heterocycles. The van der Waals surface area contributed by atoms with Crippen molar-refractivity contribution in [2.24, 2.45) is 0 Å². The summed E-state index contributed by atoms with van der Waals surface area (Å²) in [5.74, 6) is 0.272. The lowest BCUT2D eigenvalue weighted by Crippen LogP contribution is -2.34. The maximum atomic E-state index is 13.2. The molecule has 178 valence electrons. The van der Waals surface area contributed by atoms with Gasteiger partial charge >= 0.3 is 0 Å². The molecule has 5 aromatic rings. The van der Waals surface area contributed by atoms with Crippen LogP contribution < -0.4 is 15.4 Å².